The van der Waals surface area contributed by atoms with Gasteiger partial charge in [0, 0.05) is 11.6 Å². The Bertz CT molecular complexity index is 1150. The number of aromatic carboxylic acids is 1. The number of fused-ring (bicyclic) bond motifs is 3. The van der Waals surface area contributed by atoms with Crippen LogP contribution < -0.4 is 10.3 Å². The maximum absolute atomic E-state index is 13.5. The summed E-state index contributed by atoms with van der Waals surface area (Å²) in [6.45, 7) is 0. The number of benzene rings is 1. The van der Waals surface area contributed by atoms with Crippen molar-refractivity contribution in [2.75, 3.05) is 0 Å². The normalized spacial score (nSPS) is 18.8. The van der Waals surface area contributed by atoms with E-state index in [-0.39, 0.29) is 23.1 Å². The van der Waals surface area contributed by atoms with Gasteiger partial charge in [0.15, 0.2) is 0 Å². The van der Waals surface area contributed by atoms with Gasteiger partial charge in [-0.15, -0.1) is 11.3 Å². The van der Waals surface area contributed by atoms with Gasteiger partial charge in [0.05, 0.1) is 21.9 Å². The summed E-state index contributed by atoms with van der Waals surface area (Å²) in [5, 5.41) is 9.86. The van der Waals surface area contributed by atoms with E-state index >= 15 is 0 Å². The van der Waals surface area contributed by atoms with Crippen molar-refractivity contribution in [3.63, 3.8) is 0 Å². The Balaban J connectivity index is 1.65. The van der Waals surface area contributed by atoms with E-state index in [9.17, 15) is 14.7 Å². The topological polar surface area (TPSA) is 68.0 Å². The van der Waals surface area contributed by atoms with Gasteiger partial charge < -0.3 is 9.84 Å². The van der Waals surface area contributed by atoms with Crippen LogP contribution in [0, 0.1) is 0 Å². The lowest BCUT2D eigenvalue weighted by atomic mass is 9.84. The molecule has 0 saturated heterocycles. The zero-order chi connectivity index (χ0) is 20.7. The number of aromatic nitrogens is 1. The molecule has 158 valence electrons. The third-order valence-corrected chi connectivity index (χ3v) is 7.85. The van der Waals surface area contributed by atoms with Crippen LogP contribution in [0.25, 0.3) is 15.0 Å². The van der Waals surface area contributed by atoms with Crippen LogP contribution in [0.4, 0.5) is 0 Å². The average molecular weight is 426 g/mol. The van der Waals surface area contributed by atoms with Crippen molar-refractivity contribution in [3.8, 4) is 5.75 Å². The maximum atomic E-state index is 13.5. The second-order valence-corrected chi connectivity index (χ2v) is 9.74. The first-order valence-electron chi connectivity index (χ1n) is 11.1. The molecule has 2 aliphatic rings. The van der Waals surface area contributed by atoms with Crippen molar-refractivity contribution in [3.05, 3.63) is 45.7 Å². The van der Waals surface area contributed by atoms with Crippen LogP contribution in [0.15, 0.2) is 29.1 Å². The summed E-state index contributed by atoms with van der Waals surface area (Å²) in [6.07, 6.45) is 11.3. The van der Waals surface area contributed by atoms with Crippen LogP contribution in [0.2, 0.25) is 0 Å². The van der Waals surface area contributed by atoms with E-state index in [4.69, 9.17) is 4.74 Å². The van der Waals surface area contributed by atoms with Gasteiger partial charge in [-0.3, -0.25) is 9.20 Å². The zero-order valence-corrected chi connectivity index (χ0v) is 17.9. The molecule has 3 aromatic rings. The minimum absolute atomic E-state index is 0.0667. The standard InChI is InChI=1S/C24H27NO4S/c26-22-18(15-7-3-1-4-8-15)14-19(24(27)28)23-25(22)20-13-17(11-12-21(20)30-23)29-16-9-5-2-6-10-16/h11-16H,1-10H2,(H,27,28). The number of carbonyl (C=O) groups is 1. The molecule has 0 radical (unpaired) electrons. The first-order valence-corrected chi connectivity index (χ1v) is 12.0. The van der Waals surface area contributed by atoms with Crippen LogP contribution in [-0.4, -0.2) is 21.6 Å². The molecule has 0 bridgehead atoms. The highest BCUT2D eigenvalue weighted by Crippen LogP contribution is 2.35. The highest BCUT2D eigenvalue weighted by atomic mass is 32.1. The summed E-state index contributed by atoms with van der Waals surface area (Å²) in [7, 11) is 0. The quantitative estimate of drug-likeness (QED) is 0.559. The predicted molar refractivity (Wildman–Crippen MR) is 119 cm³/mol. The van der Waals surface area contributed by atoms with Crippen LogP contribution >= 0.6 is 11.3 Å². The Morgan fingerprint density at radius 3 is 2.40 bits per heavy atom. The number of hydrogen-bond acceptors (Lipinski definition) is 4. The summed E-state index contributed by atoms with van der Waals surface area (Å²) in [5.41, 5.74) is 1.57. The summed E-state index contributed by atoms with van der Waals surface area (Å²) in [4.78, 5) is 26.1. The number of rotatable bonds is 4. The van der Waals surface area contributed by atoms with Gasteiger partial charge in [0.1, 0.15) is 10.6 Å². The lowest BCUT2D eigenvalue weighted by Gasteiger charge is -2.23. The van der Waals surface area contributed by atoms with E-state index in [2.05, 4.69) is 0 Å². The van der Waals surface area contributed by atoms with Crippen molar-refractivity contribution in [2.45, 2.75) is 76.2 Å². The van der Waals surface area contributed by atoms with E-state index in [1.807, 2.05) is 18.2 Å². The number of thiazole rings is 1. The first kappa shape index (κ1) is 19.6. The van der Waals surface area contributed by atoms with Crippen LogP contribution in [0.5, 0.6) is 5.75 Å². The van der Waals surface area contributed by atoms with Crippen LogP contribution in [0.1, 0.15) is 86.0 Å². The lowest BCUT2D eigenvalue weighted by Crippen LogP contribution is -2.23. The molecule has 1 aromatic carbocycles. The smallest absolute Gasteiger partial charge is 0.338 e. The molecule has 5 nitrogen and oxygen atoms in total. The second-order valence-electron chi connectivity index (χ2n) is 8.71. The molecule has 2 saturated carbocycles. The van der Waals surface area contributed by atoms with Crippen molar-refractivity contribution < 1.29 is 14.6 Å². The zero-order valence-electron chi connectivity index (χ0n) is 17.1. The number of carboxylic acids is 1. The summed E-state index contributed by atoms with van der Waals surface area (Å²) >= 11 is 1.37. The molecule has 0 amide bonds. The molecule has 0 unspecified atom stereocenters. The molecule has 30 heavy (non-hydrogen) atoms. The molecule has 2 heterocycles. The Morgan fingerprint density at radius 1 is 1.00 bits per heavy atom. The maximum Gasteiger partial charge on any atom is 0.338 e. The minimum atomic E-state index is -0.977. The molecule has 2 aromatic heterocycles. The molecule has 0 spiro atoms. The third-order valence-electron chi connectivity index (χ3n) is 6.69. The largest absolute Gasteiger partial charge is 0.490 e. The molecule has 2 aliphatic carbocycles. The van der Waals surface area contributed by atoms with E-state index in [0.29, 0.717) is 10.4 Å². The van der Waals surface area contributed by atoms with E-state index in [0.717, 1.165) is 54.5 Å². The van der Waals surface area contributed by atoms with Gasteiger partial charge in [-0.1, -0.05) is 25.7 Å². The van der Waals surface area contributed by atoms with E-state index < -0.39 is 5.97 Å². The van der Waals surface area contributed by atoms with Crippen LogP contribution in [-0.2, 0) is 0 Å². The molecule has 5 rings (SSSR count). The molecule has 2 fully saturated rings. The van der Waals surface area contributed by atoms with Crippen molar-refractivity contribution in [1.29, 1.82) is 0 Å². The fourth-order valence-electron chi connectivity index (χ4n) is 5.11. The number of nitrogens with zero attached hydrogens (tertiary/aromatic N) is 1. The average Bonchev–Trinajstić information content (AvgIpc) is 3.14. The van der Waals surface area contributed by atoms with Gasteiger partial charge in [0.25, 0.3) is 5.56 Å². The molecule has 1 N–H and O–H groups in total. The van der Waals surface area contributed by atoms with E-state index in [1.54, 1.807) is 10.5 Å². The lowest BCUT2D eigenvalue weighted by molar-refractivity contribution is 0.0698. The highest BCUT2D eigenvalue weighted by Gasteiger charge is 2.25. The van der Waals surface area contributed by atoms with Gasteiger partial charge >= 0.3 is 5.97 Å². The second kappa shape index (κ2) is 8.06. The van der Waals surface area contributed by atoms with Crippen molar-refractivity contribution >= 4 is 32.4 Å². The Hall–Kier alpha value is -2.34. The summed E-state index contributed by atoms with van der Waals surface area (Å²) < 4.78 is 8.75. The number of pyridine rings is 1. The van der Waals surface area contributed by atoms with Crippen molar-refractivity contribution in [1.82, 2.24) is 4.40 Å². The Morgan fingerprint density at radius 2 is 1.70 bits per heavy atom. The fourth-order valence-corrected chi connectivity index (χ4v) is 6.24. The number of carboxylic acid groups (broad SMARTS) is 1. The SMILES string of the molecule is O=C(O)c1cc(C2CCCCC2)c(=O)n2c1sc1ccc(OC3CCCCC3)cc12. The fraction of sp³-hybridized carbons (Fsp3) is 0.500. The van der Waals surface area contributed by atoms with Crippen molar-refractivity contribution in [2.24, 2.45) is 0 Å². The van der Waals surface area contributed by atoms with Crippen LogP contribution in [0.3, 0.4) is 0 Å². The van der Waals surface area contributed by atoms with Gasteiger partial charge in [-0.2, -0.15) is 0 Å². The number of ether oxygens (including phenoxy) is 1. The minimum Gasteiger partial charge on any atom is -0.490 e. The highest BCUT2D eigenvalue weighted by molar-refractivity contribution is 7.24. The molecule has 0 atom stereocenters. The Kier molecular flexibility index (Phi) is 5.27. The van der Waals surface area contributed by atoms with E-state index in [1.165, 1.54) is 37.0 Å². The molecule has 0 aliphatic heterocycles. The molecular weight excluding hydrogens is 398 g/mol. The van der Waals surface area contributed by atoms with Gasteiger partial charge in [-0.05, 0) is 62.6 Å². The third kappa shape index (κ3) is 3.51. The van der Waals surface area contributed by atoms with Gasteiger partial charge in [-0.25, -0.2) is 4.79 Å². The molecular formula is C24H27NO4S. The predicted octanol–water partition coefficient (Wildman–Crippen LogP) is 5.97. The Labute approximate surface area is 179 Å². The van der Waals surface area contributed by atoms with Gasteiger partial charge in [0.2, 0.25) is 0 Å². The monoisotopic (exact) mass is 425 g/mol. The summed E-state index contributed by atoms with van der Waals surface area (Å²) in [5.74, 6) is -0.0615. The number of hydrogen-bond donors (Lipinski definition) is 1. The summed E-state index contributed by atoms with van der Waals surface area (Å²) in [6, 6.07) is 7.46. The first-order chi connectivity index (χ1) is 14.6. The molecule has 6 heteroatoms.